The third-order valence-electron chi connectivity index (χ3n) is 6.57. The summed E-state index contributed by atoms with van der Waals surface area (Å²) in [5, 5.41) is 1.49. The first-order chi connectivity index (χ1) is 18.7. The van der Waals surface area contributed by atoms with Crippen molar-refractivity contribution in [3.63, 3.8) is 0 Å². The number of fused-ring (bicyclic) bond motifs is 2. The zero-order valence-electron chi connectivity index (χ0n) is 23.1. The molecule has 38 heavy (non-hydrogen) atoms. The van der Waals surface area contributed by atoms with Gasteiger partial charge in [0, 0.05) is 19.6 Å². The Morgan fingerprint density at radius 1 is 0.763 bits per heavy atom. The lowest BCUT2D eigenvalue weighted by atomic mass is 9.99. The van der Waals surface area contributed by atoms with E-state index in [-0.39, 0.29) is 18.0 Å². The van der Waals surface area contributed by atoms with E-state index < -0.39 is 6.04 Å². The molecule has 5 rings (SSSR count). The van der Waals surface area contributed by atoms with E-state index in [4.69, 9.17) is 4.84 Å². The molecule has 2 bridgehead atoms. The Bertz CT molecular complexity index is 1070. The molecule has 3 aromatic rings. The maximum Gasteiger partial charge on any atom is 0.345 e. The van der Waals surface area contributed by atoms with Gasteiger partial charge in [0.1, 0.15) is 12.6 Å². The van der Waals surface area contributed by atoms with Gasteiger partial charge in [-0.1, -0.05) is 119 Å². The van der Waals surface area contributed by atoms with Gasteiger partial charge in [0.05, 0.1) is 6.04 Å². The van der Waals surface area contributed by atoms with Gasteiger partial charge in [-0.25, -0.2) is 4.79 Å². The molecule has 6 nitrogen and oxygen atoms in total. The lowest BCUT2D eigenvalue weighted by Crippen LogP contribution is -2.50. The molecule has 2 saturated heterocycles. The van der Waals surface area contributed by atoms with E-state index in [0.717, 1.165) is 23.1 Å². The highest BCUT2D eigenvalue weighted by molar-refractivity contribution is 5.88. The van der Waals surface area contributed by atoms with Crippen LogP contribution in [0.5, 0.6) is 0 Å². The van der Waals surface area contributed by atoms with Gasteiger partial charge in [-0.05, 0) is 29.5 Å². The second-order valence-corrected chi connectivity index (χ2v) is 8.93. The van der Waals surface area contributed by atoms with Gasteiger partial charge in [0.2, 0.25) is 5.91 Å². The predicted octanol–water partition coefficient (Wildman–Crippen LogP) is 6.67. The zero-order valence-corrected chi connectivity index (χ0v) is 23.1. The average molecular weight is 516 g/mol. The first-order valence-corrected chi connectivity index (χ1v) is 13.8. The molecule has 2 aliphatic rings. The number of benzene rings is 3. The Hall–Kier alpha value is -3.64. The van der Waals surface area contributed by atoms with Crippen LogP contribution in [0, 0.1) is 0 Å². The number of hydrogen-bond acceptors (Lipinski definition) is 3. The van der Waals surface area contributed by atoms with Gasteiger partial charge in [-0.15, -0.1) is 0 Å². The number of carbonyl (C=O) groups excluding carboxylic acids is 2. The average Bonchev–Trinajstić information content (AvgIpc) is 3.23. The molecule has 0 aromatic heterocycles. The summed E-state index contributed by atoms with van der Waals surface area (Å²) in [4.78, 5) is 36.5. The SMILES string of the molecule is CC.CC.O=C([C@@H]1CC[C@@H]2CN1C(=O)N2OCc1ccccc1)N(Cc1ccccc1)Cc1ccccc1. The lowest BCUT2D eigenvalue weighted by Gasteiger charge is -2.34. The van der Waals surface area contributed by atoms with E-state index in [1.165, 1.54) is 5.06 Å². The summed E-state index contributed by atoms with van der Waals surface area (Å²) in [6, 6.07) is 29.1. The largest absolute Gasteiger partial charge is 0.345 e. The van der Waals surface area contributed by atoms with E-state index in [2.05, 4.69) is 0 Å². The molecule has 2 atom stereocenters. The number of nitrogens with zero attached hydrogens (tertiary/aromatic N) is 3. The molecule has 0 N–H and O–H groups in total. The van der Waals surface area contributed by atoms with Gasteiger partial charge >= 0.3 is 6.03 Å². The Labute approximate surface area is 227 Å². The van der Waals surface area contributed by atoms with Crippen molar-refractivity contribution in [1.29, 1.82) is 0 Å². The molecule has 2 heterocycles. The number of rotatable bonds is 8. The zero-order chi connectivity index (χ0) is 27.3. The second kappa shape index (κ2) is 14.9. The second-order valence-electron chi connectivity index (χ2n) is 8.93. The van der Waals surface area contributed by atoms with E-state index in [1.807, 2.05) is 124 Å². The van der Waals surface area contributed by atoms with Crippen molar-refractivity contribution in [2.45, 2.75) is 72.3 Å². The molecule has 6 heteroatoms. The van der Waals surface area contributed by atoms with E-state index in [0.29, 0.717) is 32.7 Å². The monoisotopic (exact) mass is 515 g/mol. The van der Waals surface area contributed by atoms with Crippen molar-refractivity contribution >= 4 is 11.9 Å². The minimum absolute atomic E-state index is 0.00980. The number of carbonyl (C=O) groups is 2. The van der Waals surface area contributed by atoms with Crippen molar-refractivity contribution < 1.29 is 14.4 Å². The maximum atomic E-state index is 13.8. The Balaban J connectivity index is 0.000000956. The van der Waals surface area contributed by atoms with Gasteiger partial charge < -0.3 is 9.80 Å². The summed E-state index contributed by atoms with van der Waals surface area (Å²) in [6.45, 7) is 9.87. The molecular weight excluding hydrogens is 474 g/mol. The summed E-state index contributed by atoms with van der Waals surface area (Å²) in [5.74, 6) is -0.00980. The summed E-state index contributed by atoms with van der Waals surface area (Å²) >= 11 is 0. The normalized spacial score (nSPS) is 17.6. The number of hydroxylamine groups is 2. The molecule has 3 aromatic carbocycles. The van der Waals surface area contributed by atoms with Crippen LogP contribution in [0.4, 0.5) is 4.79 Å². The molecule has 0 saturated carbocycles. The smallest absolute Gasteiger partial charge is 0.332 e. The Morgan fingerprint density at radius 3 is 1.74 bits per heavy atom. The highest BCUT2D eigenvalue weighted by atomic mass is 16.7. The topological polar surface area (TPSA) is 53.1 Å². The van der Waals surface area contributed by atoms with Crippen LogP contribution in [0.1, 0.15) is 57.2 Å². The highest BCUT2D eigenvalue weighted by Crippen LogP contribution is 2.32. The van der Waals surface area contributed by atoms with Crippen molar-refractivity contribution in [3.8, 4) is 0 Å². The molecule has 0 unspecified atom stereocenters. The first-order valence-electron chi connectivity index (χ1n) is 13.8. The fraction of sp³-hybridized carbons (Fsp3) is 0.375. The molecule has 0 spiro atoms. The minimum Gasteiger partial charge on any atom is -0.332 e. The fourth-order valence-corrected chi connectivity index (χ4v) is 4.80. The van der Waals surface area contributed by atoms with Crippen molar-refractivity contribution in [3.05, 3.63) is 108 Å². The van der Waals surface area contributed by atoms with Crippen LogP contribution in [0.15, 0.2) is 91.0 Å². The Kier molecular flexibility index (Phi) is 11.4. The van der Waals surface area contributed by atoms with Crippen LogP contribution in [-0.4, -0.2) is 45.4 Å². The predicted molar refractivity (Wildman–Crippen MR) is 152 cm³/mol. The maximum absolute atomic E-state index is 13.8. The van der Waals surface area contributed by atoms with Crippen LogP contribution in [0.3, 0.4) is 0 Å². The third kappa shape index (κ3) is 7.23. The summed E-state index contributed by atoms with van der Waals surface area (Å²) in [7, 11) is 0. The lowest BCUT2D eigenvalue weighted by molar-refractivity contribution is -0.141. The molecular formula is C32H41N3O3. The van der Waals surface area contributed by atoms with Crippen LogP contribution >= 0.6 is 0 Å². The fourth-order valence-electron chi connectivity index (χ4n) is 4.80. The first kappa shape index (κ1) is 28.9. The van der Waals surface area contributed by atoms with Crippen LogP contribution < -0.4 is 0 Å². The standard InChI is InChI=1S/C28H29N3O3.2C2H6/c32-27(29(18-22-10-4-1-5-11-22)19-23-12-6-2-7-13-23)26-17-16-25-20-30(26)28(33)31(25)34-21-24-14-8-3-9-15-24;2*1-2/h1-15,25-26H,16-21H2;2*1-2H3/t25-,26+;;/m1../s1. The number of hydrogen-bond donors (Lipinski definition) is 0. The van der Waals surface area contributed by atoms with E-state index in [1.54, 1.807) is 4.90 Å². The van der Waals surface area contributed by atoms with E-state index in [9.17, 15) is 9.59 Å². The molecule has 0 radical (unpaired) electrons. The summed E-state index contributed by atoms with van der Waals surface area (Å²) < 4.78 is 0. The Morgan fingerprint density at radius 2 is 1.24 bits per heavy atom. The number of amides is 3. The summed E-state index contributed by atoms with van der Waals surface area (Å²) in [5.41, 5.74) is 3.15. The number of urea groups is 1. The van der Waals surface area contributed by atoms with Crippen LogP contribution in [0.25, 0.3) is 0 Å². The minimum atomic E-state index is -0.471. The number of piperidine rings is 1. The van der Waals surface area contributed by atoms with Crippen LogP contribution in [-0.2, 0) is 29.3 Å². The molecule has 3 amide bonds. The molecule has 2 fully saturated rings. The molecule has 2 aliphatic heterocycles. The highest BCUT2D eigenvalue weighted by Gasteiger charge is 2.48. The van der Waals surface area contributed by atoms with Gasteiger partial charge in [-0.3, -0.25) is 9.63 Å². The van der Waals surface area contributed by atoms with Gasteiger partial charge in [-0.2, -0.15) is 5.06 Å². The molecule has 202 valence electrons. The van der Waals surface area contributed by atoms with Crippen LogP contribution in [0.2, 0.25) is 0 Å². The van der Waals surface area contributed by atoms with Crippen molar-refractivity contribution in [1.82, 2.24) is 14.9 Å². The van der Waals surface area contributed by atoms with E-state index >= 15 is 0 Å². The van der Waals surface area contributed by atoms with Crippen molar-refractivity contribution in [2.24, 2.45) is 0 Å². The molecule has 0 aliphatic carbocycles. The van der Waals surface area contributed by atoms with Crippen molar-refractivity contribution in [2.75, 3.05) is 6.54 Å². The van der Waals surface area contributed by atoms with Gasteiger partial charge in [0.15, 0.2) is 0 Å². The summed E-state index contributed by atoms with van der Waals surface area (Å²) in [6.07, 6.45) is 1.39. The van der Waals surface area contributed by atoms with Gasteiger partial charge in [0.25, 0.3) is 0 Å². The third-order valence-corrected chi connectivity index (χ3v) is 6.57. The quantitative estimate of drug-likeness (QED) is 0.337.